The minimum atomic E-state index is 0.275. The molecule has 3 heteroatoms. The molecule has 2 aliphatic rings. The number of rotatable bonds is 3. The highest BCUT2D eigenvalue weighted by molar-refractivity contribution is 5.79. The van der Waals surface area contributed by atoms with Gasteiger partial charge in [-0.25, -0.2) is 0 Å². The third-order valence-corrected chi connectivity index (χ3v) is 3.95. The zero-order valence-electron chi connectivity index (χ0n) is 9.83. The standard InChI is InChI=1S/C12H22N2O/c1-9(10-3-4-10)14(2)12(15)11-5-7-13-8-6-11/h9-11,13H,3-8H2,1-2H3. The number of hydrogen-bond acceptors (Lipinski definition) is 2. The molecule has 1 atom stereocenters. The van der Waals surface area contributed by atoms with Crippen molar-refractivity contribution in [2.24, 2.45) is 11.8 Å². The molecule has 1 heterocycles. The van der Waals surface area contributed by atoms with Crippen LogP contribution in [0.1, 0.15) is 32.6 Å². The Morgan fingerprint density at radius 2 is 1.87 bits per heavy atom. The summed E-state index contributed by atoms with van der Waals surface area (Å²) in [5.41, 5.74) is 0. The Hall–Kier alpha value is -0.570. The summed E-state index contributed by atoms with van der Waals surface area (Å²) in [5, 5.41) is 3.30. The molecule has 0 spiro atoms. The summed E-state index contributed by atoms with van der Waals surface area (Å²) in [4.78, 5) is 14.2. The normalized spacial score (nSPS) is 24.9. The van der Waals surface area contributed by atoms with Gasteiger partial charge in [-0.1, -0.05) is 0 Å². The highest BCUT2D eigenvalue weighted by Crippen LogP contribution is 2.35. The molecule has 0 aromatic heterocycles. The predicted octanol–water partition coefficient (Wildman–Crippen LogP) is 1.24. The largest absolute Gasteiger partial charge is 0.343 e. The first kappa shape index (κ1) is 10.9. The molecule has 2 rings (SSSR count). The van der Waals surface area contributed by atoms with Crippen molar-refractivity contribution in [1.82, 2.24) is 10.2 Å². The maximum absolute atomic E-state index is 12.2. The lowest BCUT2D eigenvalue weighted by molar-refractivity contribution is -0.137. The van der Waals surface area contributed by atoms with E-state index in [1.165, 1.54) is 12.8 Å². The fourth-order valence-corrected chi connectivity index (χ4v) is 2.45. The molecule has 86 valence electrons. The quantitative estimate of drug-likeness (QED) is 0.760. The van der Waals surface area contributed by atoms with Crippen LogP contribution in [0.2, 0.25) is 0 Å². The molecular formula is C12H22N2O. The molecule has 0 bridgehead atoms. The lowest BCUT2D eigenvalue weighted by Gasteiger charge is -2.31. The van der Waals surface area contributed by atoms with Gasteiger partial charge in [-0.05, 0) is 51.6 Å². The molecule has 1 aliphatic carbocycles. The molecule has 1 saturated heterocycles. The first-order valence-electron chi connectivity index (χ1n) is 6.17. The van der Waals surface area contributed by atoms with Crippen molar-refractivity contribution < 1.29 is 4.79 Å². The minimum Gasteiger partial charge on any atom is -0.343 e. The van der Waals surface area contributed by atoms with Crippen LogP contribution in [-0.4, -0.2) is 37.0 Å². The topological polar surface area (TPSA) is 32.3 Å². The van der Waals surface area contributed by atoms with Crippen molar-refractivity contribution >= 4 is 5.91 Å². The molecule has 1 amide bonds. The Morgan fingerprint density at radius 1 is 1.27 bits per heavy atom. The molecule has 0 aromatic rings. The summed E-state index contributed by atoms with van der Waals surface area (Å²) in [6.07, 6.45) is 4.65. The summed E-state index contributed by atoms with van der Waals surface area (Å²) >= 11 is 0. The van der Waals surface area contributed by atoms with Crippen molar-refractivity contribution in [3.05, 3.63) is 0 Å². The lowest BCUT2D eigenvalue weighted by Crippen LogP contribution is -2.43. The number of carbonyl (C=O) groups is 1. The molecule has 0 radical (unpaired) electrons. The number of hydrogen-bond donors (Lipinski definition) is 1. The van der Waals surface area contributed by atoms with Gasteiger partial charge in [-0.15, -0.1) is 0 Å². The summed E-state index contributed by atoms with van der Waals surface area (Å²) in [6, 6.07) is 0.451. The number of nitrogens with zero attached hydrogens (tertiary/aromatic N) is 1. The zero-order valence-corrected chi connectivity index (χ0v) is 9.83. The number of nitrogens with one attached hydrogen (secondary N) is 1. The smallest absolute Gasteiger partial charge is 0.225 e. The van der Waals surface area contributed by atoms with Gasteiger partial charge in [0.15, 0.2) is 0 Å². The molecule has 15 heavy (non-hydrogen) atoms. The Labute approximate surface area is 92.2 Å². The van der Waals surface area contributed by atoms with Crippen LogP contribution in [0.15, 0.2) is 0 Å². The van der Waals surface area contributed by atoms with Gasteiger partial charge in [-0.3, -0.25) is 4.79 Å². The lowest BCUT2D eigenvalue weighted by atomic mass is 9.96. The Morgan fingerprint density at radius 3 is 2.40 bits per heavy atom. The maximum Gasteiger partial charge on any atom is 0.225 e. The second-order valence-corrected chi connectivity index (χ2v) is 5.05. The first-order valence-corrected chi connectivity index (χ1v) is 6.17. The molecule has 2 fully saturated rings. The average molecular weight is 210 g/mol. The monoisotopic (exact) mass is 210 g/mol. The van der Waals surface area contributed by atoms with Crippen molar-refractivity contribution in [2.45, 2.75) is 38.6 Å². The molecule has 3 nitrogen and oxygen atoms in total. The van der Waals surface area contributed by atoms with E-state index in [-0.39, 0.29) is 5.92 Å². The van der Waals surface area contributed by atoms with E-state index in [0.717, 1.165) is 31.8 Å². The number of amides is 1. The Bertz CT molecular complexity index is 232. The highest BCUT2D eigenvalue weighted by Gasteiger charge is 2.34. The minimum absolute atomic E-state index is 0.275. The summed E-state index contributed by atoms with van der Waals surface area (Å²) in [7, 11) is 1.98. The van der Waals surface area contributed by atoms with Gasteiger partial charge in [0.25, 0.3) is 0 Å². The van der Waals surface area contributed by atoms with Gasteiger partial charge in [0, 0.05) is 19.0 Å². The Balaban J connectivity index is 1.87. The summed E-state index contributed by atoms with van der Waals surface area (Å²) in [5.74, 6) is 1.43. The SMILES string of the molecule is CC(C1CC1)N(C)C(=O)C1CCNCC1. The van der Waals surface area contributed by atoms with E-state index in [4.69, 9.17) is 0 Å². The molecule has 1 aliphatic heterocycles. The van der Waals surface area contributed by atoms with Crippen molar-refractivity contribution in [2.75, 3.05) is 20.1 Å². The summed E-state index contributed by atoms with van der Waals surface area (Å²) in [6.45, 7) is 4.20. The van der Waals surface area contributed by atoms with Crippen LogP contribution in [0.3, 0.4) is 0 Å². The van der Waals surface area contributed by atoms with E-state index < -0.39 is 0 Å². The highest BCUT2D eigenvalue weighted by atomic mass is 16.2. The van der Waals surface area contributed by atoms with Gasteiger partial charge in [0.05, 0.1) is 0 Å². The fraction of sp³-hybridized carbons (Fsp3) is 0.917. The van der Waals surface area contributed by atoms with Crippen LogP contribution >= 0.6 is 0 Å². The van der Waals surface area contributed by atoms with Gasteiger partial charge < -0.3 is 10.2 Å². The van der Waals surface area contributed by atoms with Gasteiger partial charge in [-0.2, -0.15) is 0 Å². The molecular weight excluding hydrogens is 188 g/mol. The van der Waals surface area contributed by atoms with E-state index in [0.29, 0.717) is 11.9 Å². The van der Waals surface area contributed by atoms with Gasteiger partial charge in [0.2, 0.25) is 5.91 Å². The van der Waals surface area contributed by atoms with Crippen LogP contribution in [0.25, 0.3) is 0 Å². The predicted molar refractivity (Wildman–Crippen MR) is 60.5 cm³/mol. The van der Waals surface area contributed by atoms with Crippen LogP contribution < -0.4 is 5.32 Å². The van der Waals surface area contributed by atoms with Crippen molar-refractivity contribution in [3.63, 3.8) is 0 Å². The molecule has 1 N–H and O–H groups in total. The third-order valence-electron chi connectivity index (χ3n) is 3.95. The maximum atomic E-state index is 12.2. The second-order valence-electron chi connectivity index (χ2n) is 5.05. The molecule has 1 saturated carbocycles. The number of piperidine rings is 1. The molecule has 0 aromatic carbocycles. The van der Waals surface area contributed by atoms with E-state index >= 15 is 0 Å². The van der Waals surface area contributed by atoms with Crippen LogP contribution in [0.5, 0.6) is 0 Å². The van der Waals surface area contributed by atoms with Crippen molar-refractivity contribution in [1.29, 1.82) is 0 Å². The first-order chi connectivity index (χ1) is 7.20. The average Bonchev–Trinajstić information content (AvgIpc) is 3.11. The van der Waals surface area contributed by atoms with E-state index in [1.54, 1.807) is 0 Å². The fourth-order valence-electron chi connectivity index (χ4n) is 2.45. The zero-order chi connectivity index (χ0) is 10.8. The summed E-state index contributed by atoms with van der Waals surface area (Å²) < 4.78 is 0. The van der Waals surface area contributed by atoms with Crippen molar-refractivity contribution in [3.8, 4) is 0 Å². The Kier molecular flexibility index (Phi) is 3.29. The van der Waals surface area contributed by atoms with E-state index in [9.17, 15) is 4.79 Å². The van der Waals surface area contributed by atoms with Crippen LogP contribution in [0.4, 0.5) is 0 Å². The second kappa shape index (κ2) is 4.52. The molecule has 1 unspecified atom stereocenters. The van der Waals surface area contributed by atoms with E-state index in [1.807, 2.05) is 11.9 Å². The van der Waals surface area contributed by atoms with Crippen LogP contribution in [-0.2, 0) is 4.79 Å². The number of carbonyl (C=O) groups excluding carboxylic acids is 1. The van der Waals surface area contributed by atoms with Gasteiger partial charge in [0.1, 0.15) is 0 Å². The van der Waals surface area contributed by atoms with E-state index in [2.05, 4.69) is 12.2 Å². The van der Waals surface area contributed by atoms with Gasteiger partial charge >= 0.3 is 0 Å². The van der Waals surface area contributed by atoms with Crippen LogP contribution in [0, 0.1) is 11.8 Å². The third kappa shape index (κ3) is 2.51.